The maximum Gasteiger partial charge on any atom is 0.264 e. The summed E-state index contributed by atoms with van der Waals surface area (Å²) in [5.41, 5.74) is 9.14. The van der Waals surface area contributed by atoms with Gasteiger partial charge < -0.3 is 19.9 Å². The van der Waals surface area contributed by atoms with Crippen molar-refractivity contribution in [2.75, 3.05) is 20.2 Å². The number of benzene rings is 1. The Morgan fingerprint density at radius 3 is 2.57 bits per heavy atom. The van der Waals surface area contributed by atoms with Gasteiger partial charge in [-0.3, -0.25) is 9.59 Å². The second-order valence-electron chi connectivity index (χ2n) is 7.52. The van der Waals surface area contributed by atoms with E-state index in [9.17, 15) is 14.9 Å². The topological polar surface area (TPSA) is 101 Å². The molecule has 1 atom stereocenters. The van der Waals surface area contributed by atoms with Gasteiger partial charge in [0, 0.05) is 30.2 Å². The highest BCUT2D eigenvalue weighted by molar-refractivity contribution is 6.02. The zero-order chi connectivity index (χ0) is 21.8. The Morgan fingerprint density at radius 1 is 1.27 bits per heavy atom. The van der Waals surface area contributed by atoms with Crippen molar-refractivity contribution in [3.63, 3.8) is 0 Å². The van der Waals surface area contributed by atoms with E-state index in [0.29, 0.717) is 19.4 Å². The van der Waals surface area contributed by atoms with Crippen LogP contribution in [-0.2, 0) is 9.59 Å². The average Bonchev–Trinajstić information content (AvgIpc) is 3.04. The molecule has 7 nitrogen and oxygen atoms in total. The first-order valence-electron chi connectivity index (χ1n) is 9.89. The summed E-state index contributed by atoms with van der Waals surface area (Å²) in [4.78, 5) is 26.0. The Morgan fingerprint density at radius 2 is 1.97 bits per heavy atom. The van der Waals surface area contributed by atoms with E-state index in [0.717, 1.165) is 28.4 Å². The number of carbonyl (C=O) groups is 2. The second kappa shape index (κ2) is 8.87. The number of aryl methyl sites for hydroxylation is 1. The first-order chi connectivity index (χ1) is 14.3. The van der Waals surface area contributed by atoms with Crippen LogP contribution in [0.15, 0.2) is 35.9 Å². The van der Waals surface area contributed by atoms with Gasteiger partial charge in [-0.1, -0.05) is 0 Å². The number of primary amides is 1. The van der Waals surface area contributed by atoms with E-state index in [1.807, 2.05) is 50.2 Å². The fraction of sp³-hybridized carbons (Fsp3) is 0.348. The normalized spacial score (nSPS) is 16.8. The number of methoxy groups -OCH3 is 1. The molecule has 1 aliphatic rings. The standard InChI is InChI=1S/C23H26N4O3/c1-15-11-18(16(2)27(15)20-6-8-21(30-3)9-7-20)12-19(13-24)23(29)26-10-4-5-17(14-26)22(25)28/h6-9,11-12,17H,4-5,10,14H2,1-3H3,(H2,25,28). The van der Waals surface area contributed by atoms with E-state index >= 15 is 0 Å². The van der Waals surface area contributed by atoms with Crippen LogP contribution in [0, 0.1) is 31.1 Å². The van der Waals surface area contributed by atoms with E-state index in [-0.39, 0.29) is 23.9 Å². The van der Waals surface area contributed by atoms with Crippen molar-refractivity contribution >= 4 is 17.9 Å². The van der Waals surface area contributed by atoms with E-state index < -0.39 is 5.91 Å². The highest BCUT2D eigenvalue weighted by Gasteiger charge is 2.28. The molecule has 1 aromatic carbocycles. The molecule has 1 aliphatic heterocycles. The number of aromatic nitrogens is 1. The number of ether oxygens (including phenoxy) is 1. The van der Waals surface area contributed by atoms with Crippen molar-refractivity contribution in [1.82, 2.24) is 9.47 Å². The number of piperidine rings is 1. The monoisotopic (exact) mass is 406 g/mol. The van der Waals surface area contributed by atoms with Crippen molar-refractivity contribution in [2.24, 2.45) is 11.7 Å². The van der Waals surface area contributed by atoms with Crippen molar-refractivity contribution in [3.05, 3.63) is 52.9 Å². The third-order valence-corrected chi connectivity index (χ3v) is 5.56. The van der Waals surface area contributed by atoms with Gasteiger partial charge in [0.2, 0.25) is 5.91 Å². The molecule has 0 spiro atoms. The lowest BCUT2D eigenvalue weighted by Gasteiger charge is -2.31. The first-order valence-corrected chi connectivity index (χ1v) is 9.89. The number of nitrogens with two attached hydrogens (primary N) is 1. The summed E-state index contributed by atoms with van der Waals surface area (Å²) < 4.78 is 7.28. The summed E-state index contributed by atoms with van der Waals surface area (Å²) in [5, 5.41) is 9.63. The molecule has 3 rings (SSSR count). The SMILES string of the molecule is COc1ccc(-n2c(C)cc(C=C(C#N)C(=O)N3CCCC(C(N)=O)C3)c2C)cc1. The summed E-state index contributed by atoms with van der Waals surface area (Å²) in [6, 6.07) is 11.7. The lowest BCUT2D eigenvalue weighted by Crippen LogP contribution is -2.44. The zero-order valence-corrected chi connectivity index (χ0v) is 17.5. The van der Waals surface area contributed by atoms with Crippen molar-refractivity contribution in [3.8, 4) is 17.5 Å². The van der Waals surface area contributed by atoms with Gasteiger partial charge in [-0.2, -0.15) is 5.26 Å². The molecule has 2 heterocycles. The van der Waals surface area contributed by atoms with Gasteiger partial charge in [0.15, 0.2) is 0 Å². The molecule has 1 saturated heterocycles. The highest BCUT2D eigenvalue weighted by atomic mass is 16.5. The fourth-order valence-electron chi connectivity index (χ4n) is 3.92. The number of hydrogen-bond acceptors (Lipinski definition) is 4. The van der Waals surface area contributed by atoms with Gasteiger partial charge in [-0.15, -0.1) is 0 Å². The van der Waals surface area contributed by atoms with Gasteiger partial charge in [0.05, 0.1) is 13.0 Å². The van der Waals surface area contributed by atoms with Crippen LogP contribution < -0.4 is 10.5 Å². The van der Waals surface area contributed by atoms with Gasteiger partial charge in [-0.05, 0) is 68.7 Å². The summed E-state index contributed by atoms with van der Waals surface area (Å²) in [6.45, 7) is 4.71. The predicted octanol–water partition coefficient (Wildman–Crippen LogP) is 2.73. The first kappa shape index (κ1) is 21.2. The molecule has 1 unspecified atom stereocenters. The summed E-state index contributed by atoms with van der Waals surface area (Å²) in [6.07, 6.45) is 3.00. The van der Waals surface area contributed by atoms with Gasteiger partial charge in [0.25, 0.3) is 5.91 Å². The average molecular weight is 406 g/mol. The molecule has 2 aromatic rings. The predicted molar refractivity (Wildman–Crippen MR) is 114 cm³/mol. The van der Waals surface area contributed by atoms with Crippen molar-refractivity contribution < 1.29 is 14.3 Å². The fourth-order valence-corrected chi connectivity index (χ4v) is 3.92. The molecular formula is C23H26N4O3. The quantitative estimate of drug-likeness (QED) is 0.609. The number of rotatable bonds is 5. The number of carbonyl (C=O) groups excluding carboxylic acids is 2. The van der Waals surface area contributed by atoms with Gasteiger partial charge in [-0.25, -0.2) is 0 Å². The van der Waals surface area contributed by atoms with E-state index in [1.54, 1.807) is 18.1 Å². The molecule has 7 heteroatoms. The molecule has 2 amide bonds. The molecule has 0 radical (unpaired) electrons. The van der Waals surface area contributed by atoms with Gasteiger partial charge >= 0.3 is 0 Å². The number of likely N-dealkylation sites (tertiary alicyclic amines) is 1. The van der Waals surface area contributed by atoms with Crippen LogP contribution in [0.5, 0.6) is 5.75 Å². The number of nitriles is 1. The van der Waals surface area contributed by atoms with Crippen LogP contribution >= 0.6 is 0 Å². The smallest absolute Gasteiger partial charge is 0.264 e. The van der Waals surface area contributed by atoms with Crippen LogP contribution in [0.25, 0.3) is 11.8 Å². The molecule has 0 bridgehead atoms. The number of nitrogens with zero attached hydrogens (tertiary/aromatic N) is 3. The highest BCUT2D eigenvalue weighted by Crippen LogP contribution is 2.25. The molecule has 1 aromatic heterocycles. The maximum atomic E-state index is 12.9. The Kier molecular flexibility index (Phi) is 6.26. The van der Waals surface area contributed by atoms with E-state index in [2.05, 4.69) is 4.57 Å². The molecule has 2 N–H and O–H groups in total. The second-order valence-corrected chi connectivity index (χ2v) is 7.52. The van der Waals surface area contributed by atoms with E-state index in [1.165, 1.54) is 0 Å². The third-order valence-electron chi connectivity index (χ3n) is 5.56. The lowest BCUT2D eigenvalue weighted by molar-refractivity contribution is -0.131. The summed E-state index contributed by atoms with van der Waals surface area (Å²) in [7, 11) is 1.62. The summed E-state index contributed by atoms with van der Waals surface area (Å²) >= 11 is 0. The molecular weight excluding hydrogens is 380 g/mol. The van der Waals surface area contributed by atoms with Crippen molar-refractivity contribution in [1.29, 1.82) is 5.26 Å². The molecule has 30 heavy (non-hydrogen) atoms. The number of amides is 2. The minimum absolute atomic E-state index is 0.0510. The van der Waals surface area contributed by atoms with Crippen LogP contribution in [-0.4, -0.2) is 41.5 Å². The van der Waals surface area contributed by atoms with Gasteiger partial charge in [0.1, 0.15) is 17.4 Å². The minimum Gasteiger partial charge on any atom is -0.497 e. The zero-order valence-electron chi connectivity index (χ0n) is 17.5. The number of hydrogen-bond donors (Lipinski definition) is 1. The lowest BCUT2D eigenvalue weighted by atomic mass is 9.97. The van der Waals surface area contributed by atoms with Crippen LogP contribution in [0.2, 0.25) is 0 Å². The Hall–Kier alpha value is -3.53. The van der Waals surface area contributed by atoms with Crippen LogP contribution in [0.4, 0.5) is 0 Å². The Bertz CT molecular complexity index is 1030. The Balaban J connectivity index is 1.90. The molecule has 0 aliphatic carbocycles. The van der Waals surface area contributed by atoms with Crippen LogP contribution in [0.1, 0.15) is 29.8 Å². The van der Waals surface area contributed by atoms with Crippen LogP contribution in [0.3, 0.4) is 0 Å². The molecule has 1 fully saturated rings. The largest absolute Gasteiger partial charge is 0.497 e. The Labute approximate surface area is 176 Å². The molecule has 156 valence electrons. The maximum absolute atomic E-state index is 12.9. The molecule has 0 saturated carbocycles. The summed E-state index contributed by atoms with van der Waals surface area (Å²) in [5.74, 6) is -0.354. The minimum atomic E-state index is -0.405. The van der Waals surface area contributed by atoms with E-state index in [4.69, 9.17) is 10.5 Å². The third kappa shape index (κ3) is 4.23. The van der Waals surface area contributed by atoms with Crippen molar-refractivity contribution in [2.45, 2.75) is 26.7 Å².